The van der Waals surface area contributed by atoms with E-state index in [1.807, 2.05) is 44.2 Å². The van der Waals surface area contributed by atoms with Crippen molar-refractivity contribution in [1.82, 2.24) is 0 Å². The average molecular weight is 360 g/mol. The molecule has 1 aliphatic heterocycles. The Morgan fingerprint density at radius 1 is 1.04 bits per heavy atom. The summed E-state index contributed by atoms with van der Waals surface area (Å²) in [6.45, 7) is 5.07. The van der Waals surface area contributed by atoms with Crippen molar-refractivity contribution in [3.8, 4) is 5.75 Å². The summed E-state index contributed by atoms with van der Waals surface area (Å²) in [6.07, 6.45) is 0. The first-order valence-electron chi connectivity index (χ1n) is 9.05. The van der Waals surface area contributed by atoms with E-state index in [4.69, 9.17) is 4.74 Å². The lowest BCUT2D eigenvalue weighted by Gasteiger charge is -2.15. The number of carbonyl (C=O) groups excluding carboxylic acids is 2. The van der Waals surface area contributed by atoms with Crippen molar-refractivity contribution in [2.75, 3.05) is 23.4 Å². The van der Waals surface area contributed by atoms with Crippen LogP contribution in [0.4, 0.5) is 11.4 Å². The molecule has 3 aromatic rings. The van der Waals surface area contributed by atoms with Gasteiger partial charge in [-0.2, -0.15) is 0 Å². The molecule has 3 aromatic carbocycles. The molecule has 0 fully saturated rings. The number of nitrogens with one attached hydrogen (secondary N) is 1. The Morgan fingerprint density at radius 3 is 2.52 bits per heavy atom. The molecule has 5 nitrogen and oxygen atoms in total. The summed E-state index contributed by atoms with van der Waals surface area (Å²) in [4.78, 5) is 27.0. The van der Waals surface area contributed by atoms with Crippen molar-refractivity contribution in [3.05, 3.63) is 65.7 Å². The summed E-state index contributed by atoms with van der Waals surface area (Å²) in [5, 5.41) is 4.74. The van der Waals surface area contributed by atoms with Crippen molar-refractivity contribution < 1.29 is 14.3 Å². The van der Waals surface area contributed by atoms with Crippen LogP contribution in [0.15, 0.2) is 54.6 Å². The fraction of sp³-hybridized carbons (Fsp3) is 0.182. The van der Waals surface area contributed by atoms with Gasteiger partial charge in [0, 0.05) is 34.1 Å². The van der Waals surface area contributed by atoms with Gasteiger partial charge in [-0.1, -0.05) is 12.1 Å². The summed E-state index contributed by atoms with van der Waals surface area (Å²) in [5.41, 5.74) is 2.82. The number of rotatable bonds is 5. The Morgan fingerprint density at radius 2 is 1.81 bits per heavy atom. The number of anilines is 2. The van der Waals surface area contributed by atoms with E-state index in [-0.39, 0.29) is 11.8 Å². The van der Waals surface area contributed by atoms with Gasteiger partial charge in [-0.15, -0.1) is 0 Å². The van der Waals surface area contributed by atoms with Crippen LogP contribution in [0.3, 0.4) is 0 Å². The molecule has 4 rings (SSSR count). The minimum Gasteiger partial charge on any atom is -0.494 e. The van der Waals surface area contributed by atoms with Gasteiger partial charge >= 0.3 is 0 Å². The predicted octanol–water partition coefficient (Wildman–Crippen LogP) is 4.47. The Balaban J connectivity index is 1.68. The first-order chi connectivity index (χ1) is 13.1. The molecule has 0 saturated carbocycles. The third kappa shape index (κ3) is 2.81. The largest absolute Gasteiger partial charge is 0.494 e. The topological polar surface area (TPSA) is 58.6 Å². The van der Waals surface area contributed by atoms with Crippen LogP contribution in [-0.4, -0.2) is 25.0 Å². The first-order valence-corrected chi connectivity index (χ1v) is 9.05. The lowest BCUT2D eigenvalue weighted by molar-refractivity contribution is 0.0992. The maximum Gasteiger partial charge on any atom is 0.258 e. The van der Waals surface area contributed by atoms with E-state index >= 15 is 0 Å². The van der Waals surface area contributed by atoms with Gasteiger partial charge in [0.2, 0.25) is 0 Å². The van der Waals surface area contributed by atoms with Crippen molar-refractivity contribution in [1.29, 1.82) is 0 Å². The van der Waals surface area contributed by atoms with Crippen LogP contribution in [0, 0.1) is 0 Å². The smallest absolute Gasteiger partial charge is 0.258 e. The molecule has 5 heteroatoms. The van der Waals surface area contributed by atoms with E-state index in [0.29, 0.717) is 30.0 Å². The molecule has 136 valence electrons. The zero-order chi connectivity index (χ0) is 19.0. The molecule has 1 aliphatic rings. The summed E-state index contributed by atoms with van der Waals surface area (Å²) in [6, 6.07) is 16.4. The van der Waals surface area contributed by atoms with E-state index in [9.17, 15) is 9.59 Å². The molecule has 2 amide bonds. The highest BCUT2D eigenvalue weighted by Gasteiger charge is 2.29. The SMILES string of the molecule is CCOc1ccc(C(=O)Nc2ccc3c4c(cccc24)C(=O)N3CC)cc1. The average Bonchev–Trinajstić information content (AvgIpc) is 2.97. The van der Waals surface area contributed by atoms with Crippen molar-refractivity contribution >= 4 is 34.0 Å². The number of hydrogen-bond donors (Lipinski definition) is 1. The highest BCUT2D eigenvalue weighted by molar-refractivity contribution is 6.27. The van der Waals surface area contributed by atoms with Crippen LogP contribution in [0.25, 0.3) is 10.8 Å². The summed E-state index contributed by atoms with van der Waals surface area (Å²) in [5.74, 6) is 0.543. The van der Waals surface area contributed by atoms with E-state index in [0.717, 1.165) is 22.2 Å². The molecule has 1 N–H and O–H groups in total. The lowest BCUT2D eigenvalue weighted by Crippen LogP contribution is -2.25. The van der Waals surface area contributed by atoms with Gasteiger partial charge in [0.05, 0.1) is 12.3 Å². The van der Waals surface area contributed by atoms with Gasteiger partial charge < -0.3 is 15.0 Å². The Labute approximate surface area is 157 Å². The van der Waals surface area contributed by atoms with Crippen LogP contribution in [0.5, 0.6) is 5.75 Å². The van der Waals surface area contributed by atoms with Crippen molar-refractivity contribution in [3.63, 3.8) is 0 Å². The number of nitrogens with zero attached hydrogens (tertiary/aromatic N) is 1. The first kappa shape index (κ1) is 17.1. The third-order valence-corrected chi connectivity index (χ3v) is 4.78. The maximum absolute atomic E-state index is 12.7. The molecule has 0 bridgehead atoms. The highest BCUT2D eigenvalue weighted by Crippen LogP contribution is 2.40. The second kappa shape index (κ2) is 6.76. The summed E-state index contributed by atoms with van der Waals surface area (Å²) >= 11 is 0. The number of benzene rings is 3. The fourth-order valence-electron chi connectivity index (χ4n) is 3.53. The fourth-order valence-corrected chi connectivity index (χ4v) is 3.53. The monoisotopic (exact) mass is 360 g/mol. The van der Waals surface area contributed by atoms with E-state index in [1.165, 1.54) is 0 Å². The minimum absolute atomic E-state index is 0.00749. The van der Waals surface area contributed by atoms with Gasteiger partial charge in [-0.3, -0.25) is 9.59 Å². The van der Waals surface area contributed by atoms with E-state index in [2.05, 4.69) is 5.32 Å². The number of ether oxygens (including phenoxy) is 1. The molecular formula is C22H20N2O3. The molecule has 0 atom stereocenters. The quantitative estimate of drug-likeness (QED) is 0.730. The van der Waals surface area contributed by atoms with Crippen LogP contribution in [-0.2, 0) is 0 Å². The Hall–Kier alpha value is -3.34. The van der Waals surface area contributed by atoms with Crippen LogP contribution >= 0.6 is 0 Å². The highest BCUT2D eigenvalue weighted by atomic mass is 16.5. The summed E-state index contributed by atoms with van der Waals surface area (Å²) in [7, 11) is 0. The van der Waals surface area contributed by atoms with Gasteiger partial charge in [0.15, 0.2) is 0 Å². The number of hydrogen-bond acceptors (Lipinski definition) is 3. The number of carbonyl (C=O) groups is 2. The molecule has 0 unspecified atom stereocenters. The molecule has 0 spiro atoms. The van der Waals surface area contributed by atoms with E-state index < -0.39 is 0 Å². The number of amides is 2. The van der Waals surface area contributed by atoms with Gasteiger partial charge in [0.25, 0.3) is 11.8 Å². The molecule has 0 aliphatic carbocycles. The van der Waals surface area contributed by atoms with Crippen LogP contribution in [0.1, 0.15) is 34.6 Å². The molecule has 1 heterocycles. The van der Waals surface area contributed by atoms with Crippen LogP contribution in [0.2, 0.25) is 0 Å². The van der Waals surface area contributed by atoms with Gasteiger partial charge in [-0.05, 0) is 56.3 Å². The van der Waals surface area contributed by atoms with Crippen LogP contribution < -0.4 is 15.0 Å². The molecule has 0 saturated heterocycles. The van der Waals surface area contributed by atoms with Crippen molar-refractivity contribution in [2.24, 2.45) is 0 Å². The third-order valence-electron chi connectivity index (χ3n) is 4.78. The van der Waals surface area contributed by atoms with Gasteiger partial charge in [0.1, 0.15) is 5.75 Å². The van der Waals surface area contributed by atoms with Gasteiger partial charge in [-0.25, -0.2) is 0 Å². The zero-order valence-corrected chi connectivity index (χ0v) is 15.3. The normalized spacial score (nSPS) is 12.5. The standard InChI is InChI=1S/C22H20N2O3/c1-3-24-19-13-12-18(16-6-5-7-17(20(16)19)22(24)26)23-21(25)14-8-10-15(11-9-14)27-4-2/h5-13H,3-4H2,1-2H3,(H,23,25). The molecular weight excluding hydrogens is 340 g/mol. The second-order valence-corrected chi connectivity index (χ2v) is 6.32. The Kier molecular flexibility index (Phi) is 4.28. The van der Waals surface area contributed by atoms with E-state index in [1.54, 1.807) is 29.2 Å². The second-order valence-electron chi connectivity index (χ2n) is 6.32. The molecule has 27 heavy (non-hydrogen) atoms. The van der Waals surface area contributed by atoms with Crippen molar-refractivity contribution in [2.45, 2.75) is 13.8 Å². The predicted molar refractivity (Wildman–Crippen MR) is 107 cm³/mol. The molecule has 0 aromatic heterocycles. The zero-order valence-electron chi connectivity index (χ0n) is 15.3. The Bertz CT molecular complexity index is 1040. The lowest BCUT2D eigenvalue weighted by atomic mass is 10.0. The maximum atomic E-state index is 12.7. The molecule has 0 radical (unpaired) electrons. The minimum atomic E-state index is -0.199. The summed E-state index contributed by atoms with van der Waals surface area (Å²) < 4.78 is 5.41.